The van der Waals surface area contributed by atoms with Crippen molar-refractivity contribution in [1.82, 2.24) is 5.32 Å². The molecule has 0 aliphatic carbocycles. The molecule has 1 amide bonds. The van der Waals surface area contributed by atoms with E-state index in [1.165, 1.54) is 5.56 Å². The maximum absolute atomic E-state index is 12.0. The fourth-order valence-corrected chi connectivity index (χ4v) is 1.98. The van der Waals surface area contributed by atoms with Gasteiger partial charge < -0.3 is 11.1 Å². The molecule has 3 N–H and O–H groups in total. The number of hydrogen-bond donors (Lipinski definition) is 2. The van der Waals surface area contributed by atoms with Crippen LogP contribution >= 0.6 is 12.4 Å². The molecule has 0 spiro atoms. The molecule has 0 aliphatic heterocycles. The van der Waals surface area contributed by atoms with Crippen molar-refractivity contribution in [2.24, 2.45) is 5.73 Å². The van der Waals surface area contributed by atoms with Crippen LogP contribution in [-0.2, 0) is 4.79 Å². The highest BCUT2D eigenvalue weighted by molar-refractivity contribution is 5.85. The third-order valence-electron chi connectivity index (χ3n) is 3.23. The van der Waals surface area contributed by atoms with Crippen LogP contribution < -0.4 is 11.1 Å². The van der Waals surface area contributed by atoms with Gasteiger partial charge >= 0.3 is 0 Å². The Kier molecular flexibility index (Phi) is 7.72. The first-order chi connectivity index (χ1) is 8.47. The Labute approximate surface area is 122 Å². The lowest BCUT2D eigenvalue weighted by Gasteiger charge is -2.24. The lowest BCUT2D eigenvalue weighted by atomic mass is 9.95. The number of carbonyl (C=O) groups excluding carboxylic acids is 1. The molecule has 0 heterocycles. The van der Waals surface area contributed by atoms with E-state index in [1.54, 1.807) is 6.92 Å². The molecule has 0 aliphatic rings. The topological polar surface area (TPSA) is 55.1 Å². The molecule has 1 rings (SSSR count). The summed E-state index contributed by atoms with van der Waals surface area (Å²) in [5.74, 6) is 0.236. The summed E-state index contributed by atoms with van der Waals surface area (Å²) in [7, 11) is 0. The molecule has 0 radical (unpaired) electrons. The standard InChI is InChI=1S/C15H24N2O.ClH/c1-4-10-15(3,16)14(18)17-11-12(2)13-8-6-5-7-9-13;/h5-9,12H,4,10-11,16H2,1-3H3,(H,17,18);1H. The average Bonchev–Trinajstić information content (AvgIpc) is 2.36. The van der Waals surface area contributed by atoms with Crippen molar-refractivity contribution < 1.29 is 4.79 Å². The average molecular weight is 285 g/mol. The summed E-state index contributed by atoms with van der Waals surface area (Å²) < 4.78 is 0. The number of rotatable bonds is 6. The monoisotopic (exact) mass is 284 g/mol. The smallest absolute Gasteiger partial charge is 0.239 e. The van der Waals surface area contributed by atoms with E-state index in [-0.39, 0.29) is 18.3 Å². The Balaban J connectivity index is 0.00000324. The van der Waals surface area contributed by atoms with E-state index in [2.05, 4.69) is 24.4 Å². The van der Waals surface area contributed by atoms with E-state index in [9.17, 15) is 4.79 Å². The number of nitrogens with one attached hydrogen (secondary N) is 1. The van der Waals surface area contributed by atoms with Crippen LogP contribution in [0.2, 0.25) is 0 Å². The minimum absolute atomic E-state index is 0. The summed E-state index contributed by atoms with van der Waals surface area (Å²) in [6, 6.07) is 10.2. The van der Waals surface area contributed by atoms with Crippen LogP contribution in [0.5, 0.6) is 0 Å². The number of carbonyl (C=O) groups is 1. The van der Waals surface area contributed by atoms with Gasteiger partial charge in [-0.05, 0) is 24.8 Å². The minimum atomic E-state index is -0.759. The van der Waals surface area contributed by atoms with Crippen molar-refractivity contribution in [2.75, 3.05) is 6.54 Å². The molecule has 0 bridgehead atoms. The second kappa shape index (κ2) is 8.18. The quantitative estimate of drug-likeness (QED) is 0.844. The van der Waals surface area contributed by atoms with Gasteiger partial charge in [0.25, 0.3) is 0 Å². The van der Waals surface area contributed by atoms with E-state index in [0.29, 0.717) is 18.9 Å². The third kappa shape index (κ3) is 5.62. The van der Waals surface area contributed by atoms with Gasteiger partial charge in [-0.2, -0.15) is 0 Å². The Bertz CT molecular complexity index is 379. The van der Waals surface area contributed by atoms with Crippen molar-refractivity contribution in [3.05, 3.63) is 35.9 Å². The molecule has 2 unspecified atom stereocenters. The molecule has 19 heavy (non-hydrogen) atoms. The summed E-state index contributed by atoms with van der Waals surface area (Å²) in [5.41, 5.74) is 6.45. The number of amides is 1. The maximum atomic E-state index is 12.0. The van der Waals surface area contributed by atoms with Gasteiger partial charge in [-0.3, -0.25) is 4.79 Å². The lowest BCUT2D eigenvalue weighted by molar-refractivity contribution is -0.126. The summed E-state index contributed by atoms with van der Waals surface area (Å²) >= 11 is 0. The van der Waals surface area contributed by atoms with Crippen molar-refractivity contribution in [3.8, 4) is 0 Å². The van der Waals surface area contributed by atoms with Crippen LogP contribution in [0.4, 0.5) is 0 Å². The van der Waals surface area contributed by atoms with Crippen molar-refractivity contribution in [3.63, 3.8) is 0 Å². The third-order valence-corrected chi connectivity index (χ3v) is 3.23. The number of hydrogen-bond acceptors (Lipinski definition) is 2. The van der Waals surface area contributed by atoms with Gasteiger partial charge in [-0.25, -0.2) is 0 Å². The first-order valence-corrected chi connectivity index (χ1v) is 6.59. The number of nitrogens with two attached hydrogens (primary N) is 1. The van der Waals surface area contributed by atoms with E-state index >= 15 is 0 Å². The molecule has 0 fully saturated rings. The largest absolute Gasteiger partial charge is 0.354 e. The molecular formula is C15H25ClN2O. The Hall–Kier alpha value is -1.06. The normalized spacial score (nSPS) is 14.9. The van der Waals surface area contributed by atoms with Crippen LogP contribution in [0, 0.1) is 0 Å². The lowest BCUT2D eigenvalue weighted by Crippen LogP contribution is -2.52. The predicted molar refractivity (Wildman–Crippen MR) is 82.6 cm³/mol. The van der Waals surface area contributed by atoms with Crippen molar-refractivity contribution in [1.29, 1.82) is 0 Å². The van der Waals surface area contributed by atoms with Crippen molar-refractivity contribution >= 4 is 18.3 Å². The molecule has 0 saturated heterocycles. The highest BCUT2D eigenvalue weighted by atomic mass is 35.5. The van der Waals surface area contributed by atoms with E-state index in [1.807, 2.05) is 25.1 Å². The van der Waals surface area contributed by atoms with Crippen LogP contribution in [0.25, 0.3) is 0 Å². The predicted octanol–water partition coefficient (Wildman–Crippen LogP) is 2.85. The zero-order valence-electron chi connectivity index (χ0n) is 12.0. The molecule has 1 aromatic carbocycles. The minimum Gasteiger partial charge on any atom is -0.354 e. The van der Waals surface area contributed by atoms with E-state index < -0.39 is 5.54 Å². The summed E-state index contributed by atoms with van der Waals surface area (Å²) in [5, 5.41) is 2.94. The summed E-state index contributed by atoms with van der Waals surface area (Å²) in [4.78, 5) is 12.0. The number of halogens is 1. The van der Waals surface area contributed by atoms with Gasteiger partial charge in [0.15, 0.2) is 0 Å². The highest BCUT2D eigenvalue weighted by Crippen LogP contribution is 2.14. The molecule has 0 saturated carbocycles. The molecular weight excluding hydrogens is 260 g/mol. The zero-order valence-corrected chi connectivity index (χ0v) is 12.8. The van der Waals surface area contributed by atoms with Gasteiger partial charge in [-0.1, -0.05) is 50.6 Å². The van der Waals surface area contributed by atoms with Gasteiger partial charge in [0, 0.05) is 6.54 Å². The Morgan fingerprint density at radius 2 is 1.95 bits per heavy atom. The second-order valence-corrected chi connectivity index (χ2v) is 5.19. The zero-order chi connectivity index (χ0) is 13.6. The molecule has 1 aromatic rings. The highest BCUT2D eigenvalue weighted by Gasteiger charge is 2.27. The SMILES string of the molecule is CCCC(C)(N)C(=O)NCC(C)c1ccccc1.Cl. The van der Waals surface area contributed by atoms with Gasteiger partial charge in [0.05, 0.1) is 5.54 Å². The van der Waals surface area contributed by atoms with Crippen molar-refractivity contribution in [2.45, 2.75) is 45.1 Å². The maximum Gasteiger partial charge on any atom is 0.239 e. The molecule has 4 heteroatoms. The second-order valence-electron chi connectivity index (χ2n) is 5.19. The molecule has 0 aromatic heterocycles. The fourth-order valence-electron chi connectivity index (χ4n) is 1.98. The van der Waals surface area contributed by atoms with Crippen LogP contribution in [0.15, 0.2) is 30.3 Å². The number of benzene rings is 1. The van der Waals surface area contributed by atoms with Gasteiger partial charge in [0.2, 0.25) is 5.91 Å². The van der Waals surface area contributed by atoms with Crippen LogP contribution in [-0.4, -0.2) is 18.0 Å². The first kappa shape index (κ1) is 17.9. The van der Waals surface area contributed by atoms with E-state index in [0.717, 1.165) is 6.42 Å². The summed E-state index contributed by atoms with van der Waals surface area (Å²) in [6.45, 7) is 6.55. The van der Waals surface area contributed by atoms with Crippen LogP contribution in [0.3, 0.4) is 0 Å². The van der Waals surface area contributed by atoms with Gasteiger partial charge in [-0.15, -0.1) is 12.4 Å². The fraction of sp³-hybridized carbons (Fsp3) is 0.533. The first-order valence-electron chi connectivity index (χ1n) is 6.59. The Morgan fingerprint density at radius 1 is 1.37 bits per heavy atom. The molecule has 3 nitrogen and oxygen atoms in total. The van der Waals surface area contributed by atoms with Gasteiger partial charge in [0.1, 0.15) is 0 Å². The molecule has 2 atom stereocenters. The Morgan fingerprint density at radius 3 is 2.47 bits per heavy atom. The summed E-state index contributed by atoms with van der Waals surface area (Å²) in [6.07, 6.45) is 1.62. The van der Waals surface area contributed by atoms with Crippen LogP contribution in [0.1, 0.15) is 45.1 Å². The molecule has 108 valence electrons. The van der Waals surface area contributed by atoms with E-state index in [4.69, 9.17) is 5.73 Å².